The van der Waals surface area contributed by atoms with Crippen molar-refractivity contribution in [2.45, 2.75) is 20.0 Å². The number of fused-ring (bicyclic) bond motifs is 1. The molecule has 126 valence electrons. The van der Waals surface area contributed by atoms with Gasteiger partial charge in [0, 0.05) is 9.58 Å². The van der Waals surface area contributed by atoms with Gasteiger partial charge in [-0.2, -0.15) is 0 Å². The summed E-state index contributed by atoms with van der Waals surface area (Å²) < 4.78 is 24.7. The van der Waals surface area contributed by atoms with Crippen molar-refractivity contribution in [2.75, 3.05) is 13.2 Å². The molecule has 1 heterocycles. The smallest absolute Gasteiger partial charge is 0.309 e. The molecule has 0 N–H and O–H groups in total. The van der Waals surface area contributed by atoms with Crippen molar-refractivity contribution in [1.29, 1.82) is 0 Å². The van der Waals surface area contributed by atoms with E-state index in [4.69, 9.17) is 9.05 Å². The van der Waals surface area contributed by atoms with E-state index in [1.54, 1.807) is 11.3 Å². The summed E-state index contributed by atoms with van der Waals surface area (Å²) in [4.78, 5) is 1.24. The monoisotopic (exact) mass is 360 g/mol. The first-order chi connectivity index (χ1) is 11.6. The minimum atomic E-state index is -3.07. The van der Waals surface area contributed by atoms with Crippen LogP contribution < -0.4 is 0 Å². The van der Waals surface area contributed by atoms with Crippen molar-refractivity contribution in [3.05, 3.63) is 60.2 Å². The largest absolute Gasteiger partial charge is 0.335 e. The minimum Gasteiger partial charge on any atom is -0.309 e. The zero-order valence-corrected chi connectivity index (χ0v) is 15.6. The molecule has 0 unspecified atom stereocenters. The van der Waals surface area contributed by atoms with Crippen LogP contribution in [0.4, 0.5) is 0 Å². The third-order valence-corrected chi connectivity index (χ3v) is 6.89. The van der Waals surface area contributed by atoms with Gasteiger partial charge in [-0.3, -0.25) is 4.57 Å². The Morgan fingerprint density at radius 2 is 1.67 bits per heavy atom. The van der Waals surface area contributed by atoms with Gasteiger partial charge in [0.15, 0.2) is 0 Å². The fourth-order valence-corrected chi connectivity index (χ4v) is 5.42. The van der Waals surface area contributed by atoms with Crippen molar-refractivity contribution in [2.24, 2.45) is 0 Å². The first-order valence-electron chi connectivity index (χ1n) is 8.09. The van der Waals surface area contributed by atoms with Gasteiger partial charge in [-0.1, -0.05) is 36.4 Å². The van der Waals surface area contributed by atoms with Crippen LogP contribution in [0.5, 0.6) is 0 Å². The molecule has 0 atom stereocenters. The Labute approximate surface area is 146 Å². The third-order valence-electron chi connectivity index (χ3n) is 3.67. The molecule has 0 saturated heterocycles. The second-order valence-electron chi connectivity index (χ2n) is 5.45. The quantitative estimate of drug-likeness (QED) is 0.462. The molecule has 0 fully saturated rings. The average Bonchev–Trinajstić information content (AvgIpc) is 2.99. The van der Waals surface area contributed by atoms with Gasteiger partial charge in [0.05, 0.1) is 19.4 Å². The van der Waals surface area contributed by atoms with Gasteiger partial charge in [0.2, 0.25) is 0 Å². The number of hydrogen-bond donors (Lipinski definition) is 0. The molecule has 2 aromatic carbocycles. The lowest BCUT2D eigenvalue weighted by Crippen LogP contribution is -1.98. The highest BCUT2D eigenvalue weighted by Gasteiger charge is 2.24. The van der Waals surface area contributed by atoms with Crippen molar-refractivity contribution < 1.29 is 13.6 Å². The standard InChI is InChI=1S/C19H21O3PS/c1-3-21-23(20,22-4-2)14-15-10-11-18-17(12-15)13-19(24-18)16-8-6-5-7-9-16/h5-13H,3-4,14H2,1-2H3. The molecule has 0 radical (unpaired) electrons. The number of rotatable bonds is 7. The first-order valence-corrected chi connectivity index (χ1v) is 10.6. The molecule has 0 aliphatic heterocycles. The van der Waals surface area contributed by atoms with Crippen LogP contribution >= 0.6 is 18.9 Å². The molecule has 5 heteroatoms. The third kappa shape index (κ3) is 3.96. The summed E-state index contributed by atoms with van der Waals surface area (Å²) in [6, 6.07) is 18.7. The number of thiophene rings is 1. The molecular formula is C19H21O3PS. The van der Waals surface area contributed by atoms with Crippen LogP contribution in [0.2, 0.25) is 0 Å². The summed E-state index contributed by atoms with van der Waals surface area (Å²) in [7, 11) is -3.07. The molecule has 0 aliphatic carbocycles. The molecule has 3 aromatic rings. The zero-order valence-electron chi connectivity index (χ0n) is 13.9. The van der Waals surface area contributed by atoms with E-state index in [2.05, 4.69) is 30.3 Å². The Morgan fingerprint density at radius 1 is 0.958 bits per heavy atom. The van der Waals surface area contributed by atoms with E-state index in [-0.39, 0.29) is 0 Å². The van der Waals surface area contributed by atoms with E-state index in [1.807, 2.05) is 38.1 Å². The van der Waals surface area contributed by atoms with Gasteiger partial charge in [0.25, 0.3) is 0 Å². The summed E-state index contributed by atoms with van der Waals surface area (Å²) in [5, 5.41) is 1.16. The highest BCUT2D eigenvalue weighted by Crippen LogP contribution is 2.51. The minimum absolute atomic E-state index is 0.307. The molecule has 0 bridgehead atoms. The maximum atomic E-state index is 12.7. The Balaban J connectivity index is 1.90. The second-order valence-corrected chi connectivity index (χ2v) is 8.59. The normalized spacial score (nSPS) is 11.9. The summed E-state index contributed by atoms with van der Waals surface area (Å²) in [6.07, 6.45) is 0.307. The van der Waals surface area contributed by atoms with Gasteiger partial charge in [-0.15, -0.1) is 11.3 Å². The lowest BCUT2D eigenvalue weighted by Gasteiger charge is -2.16. The number of benzene rings is 2. The van der Waals surface area contributed by atoms with Gasteiger partial charge >= 0.3 is 7.60 Å². The fraction of sp³-hybridized carbons (Fsp3) is 0.263. The van der Waals surface area contributed by atoms with Crippen LogP contribution in [0.3, 0.4) is 0 Å². The summed E-state index contributed by atoms with van der Waals surface area (Å²) in [5.74, 6) is 0. The van der Waals surface area contributed by atoms with Crippen molar-refractivity contribution >= 4 is 29.0 Å². The lowest BCUT2D eigenvalue weighted by molar-refractivity contribution is 0.219. The Hall–Kier alpha value is -1.45. The van der Waals surface area contributed by atoms with Crippen molar-refractivity contribution in [1.82, 2.24) is 0 Å². The Kier molecular flexibility index (Phi) is 5.52. The molecule has 1 aromatic heterocycles. The zero-order chi connectivity index (χ0) is 17.0. The van der Waals surface area contributed by atoms with Gasteiger partial charge < -0.3 is 9.05 Å². The molecule has 3 nitrogen and oxygen atoms in total. The van der Waals surface area contributed by atoms with Gasteiger partial charge in [0.1, 0.15) is 0 Å². The summed E-state index contributed by atoms with van der Waals surface area (Å²) in [6.45, 7) is 4.44. The topological polar surface area (TPSA) is 35.5 Å². The molecule has 0 aliphatic rings. The van der Waals surface area contributed by atoms with E-state index >= 15 is 0 Å². The van der Waals surface area contributed by atoms with Gasteiger partial charge in [-0.25, -0.2) is 0 Å². The maximum Gasteiger partial charge on any atom is 0.335 e. The van der Waals surface area contributed by atoms with Gasteiger partial charge in [-0.05, 0) is 48.6 Å². The van der Waals surface area contributed by atoms with Crippen LogP contribution in [0, 0.1) is 0 Å². The molecular weight excluding hydrogens is 339 g/mol. The number of hydrogen-bond acceptors (Lipinski definition) is 4. The highest BCUT2D eigenvalue weighted by atomic mass is 32.1. The Morgan fingerprint density at radius 3 is 2.33 bits per heavy atom. The second kappa shape index (κ2) is 7.62. The average molecular weight is 360 g/mol. The van der Waals surface area contributed by atoms with Crippen LogP contribution in [-0.2, 0) is 19.8 Å². The Bertz CT molecular complexity index is 847. The molecule has 0 spiro atoms. The van der Waals surface area contributed by atoms with E-state index in [1.165, 1.54) is 15.1 Å². The highest BCUT2D eigenvalue weighted by molar-refractivity contribution is 7.53. The molecule has 0 saturated carbocycles. The first kappa shape index (κ1) is 17.4. The van der Waals surface area contributed by atoms with Crippen LogP contribution in [0.1, 0.15) is 19.4 Å². The summed E-state index contributed by atoms with van der Waals surface area (Å²) in [5.41, 5.74) is 2.19. The SMILES string of the molecule is CCOP(=O)(Cc1ccc2sc(-c3ccccc3)cc2c1)OCC. The molecule has 24 heavy (non-hydrogen) atoms. The van der Waals surface area contributed by atoms with E-state index in [0.717, 1.165) is 10.9 Å². The van der Waals surface area contributed by atoms with E-state index in [0.29, 0.717) is 19.4 Å². The van der Waals surface area contributed by atoms with Crippen molar-refractivity contribution in [3.63, 3.8) is 0 Å². The predicted octanol–water partition coefficient (Wildman–Crippen LogP) is 6.33. The maximum absolute atomic E-state index is 12.7. The van der Waals surface area contributed by atoms with Crippen molar-refractivity contribution in [3.8, 4) is 10.4 Å². The van der Waals surface area contributed by atoms with Crippen LogP contribution in [-0.4, -0.2) is 13.2 Å². The fourth-order valence-electron chi connectivity index (χ4n) is 2.68. The van der Waals surface area contributed by atoms with Crippen LogP contribution in [0.25, 0.3) is 20.5 Å². The lowest BCUT2D eigenvalue weighted by atomic mass is 10.1. The predicted molar refractivity (Wildman–Crippen MR) is 102 cm³/mol. The van der Waals surface area contributed by atoms with E-state index < -0.39 is 7.60 Å². The molecule has 3 rings (SSSR count). The summed E-state index contributed by atoms with van der Waals surface area (Å²) >= 11 is 1.77. The van der Waals surface area contributed by atoms with E-state index in [9.17, 15) is 4.57 Å². The van der Waals surface area contributed by atoms with Crippen LogP contribution in [0.15, 0.2) is 54.6 Å². The molecule has 0 amide bonds.